The van der Waals surface area contributed by atoms with E-state index in [9.17, 15) is 0 Å². The minimum Gasteiger partial charge on any atom is -0.396 e. The molecule has 0 spiro atoms. The van der Waals surface area contributed by atoms with Gasteiger partial charge in [0.05, 0.1) is 6.61 Å². The molecule has 0 bridgehead atoms. The van der Waals surface area contributed by atoms with Crippen molar-refractivity contribution in [1.29, 1.82) is 0 Å². The minimum atomic E-state index is 0.218. The summed E-state index contributed by atoms with van der Waals surface area (Å²) in [6.45, 7) is 7.87. The van der Waals surface area contributed by atoms with E-state index in [2.05, 4.69) is 18.7 Å². The normalized spacial score (nSPS) is 25.7. The topological polar surface area (TPSA) is 23.5 Å². The van der Waals surface area contributed by atoms with E-state index in [0.717, 1.165) is 19.6 Å². The average molecular weight is 129 g/mol. The smallest absolute Gasteiger partial charge is 0.0509 e. The van der Waals surface area contributed by atoms with Crippen LogP contribution in [0.2, 0.25) is 0 Å². The maximum absolute atomic E-state index is 8.83. The Morgan fingerprint density at radius 3 is 2.44 bits per heavy atom. The van der Waals surface area contributed by atoms with Crippen LogP contribution in [0.1, 0.15) is 13.8 Å². The maximum Gasteiger partial charge on any atom is 0.0509 e. The van der Waals surface area contributed by atoms with Gasteiger partial charge in [-0.15, -0.1) is 0 Å². The van der Waals surface area contributed by atoms with Gasteiger partial charge in [0.2, 0.25) is 0 Å². The molecular weight excluding hydrogens is 114 g/mol. The van der Waals surface area contributed by atoms with Crippen LogP contribution in [0.25, 0.3) is 0 Å². The third-order valence-corrected chi connectivity index (χ3v) is 2.04. The molecule has 1 N–H and O–H groups in total. The molecule has 1 fully saturated rings. The molecule has 0 unspecified atom stereocenters. The minimum absolute atomic E-state index is 0.218. The van der Waals surface area contributed by atoms with Gasteiger partial charge >= 0.3 is 0 Å². The molecule has 1 saturated heterocycles. The first-order valence-electron chi connectivity index (χ1n) is 3.53. The third kappa shape index (κ3) is 1.25. The highest BCUT2D eigenvalue weighted by Gasteiger charge is 2.36. The predicted molar refractivity (Wildman–Crippen MR) is 37.3 cm³/mol. The summed E-state index contributed by atoms with van der Waals surface area (Å²) in [5, 5.41) is 8.83. The van der Waals surface area contributed by atoms with Gasteiger partial charge in [-0.05, 0) is 6.54 Å². The van der Waals surface area contributed by atoms with Crippen molar-refractivity contribution in [2.45, 2.75) is 13.8 Å². The zero-order valence-corrected chi connectivity index (χ0v) is 6.22. The molecule has 0 amide bonds. The molecule has 1 aliphatic heterocycles. The Hall–Kier alpha value is -0.0800. The predicted octanol–water partition coefficient (Wildman–Crippen LogP) is 0.321. The van der Waals surface area contributed by atoms with Crippen molar-refractivity contribution >= 4 is 0 Å². The molecule has 2 heteroatoms. The van der Waals surface area contributed by atoms with Gasteiger partial charge in [-0.3, -0.25) is 0 Å². The molecule has 1 rings (SSSR count). The second-order valence-corrected chi connectivity index (χ2v) is 3.27. The lowest BCUT2D eigenvalue weighted by Crippen LogP contribution is -2.56. The average Bonchev–Trinajstić information content (AvgIpc) is 1.81. The van der Waals surface area contributed by atoms with Crippen molar-refractivity contribution in [1.82, 2.24) is 4.90 Å². The lowest BCUT2D eigenvalue weighted by molar-refractivity contribution is -0.0233. The van der Waals surface area contributed by atoms with Crippen LogP contribution in [-0.2, 0) is 0 Å². The summed E-state index contributed by atoms with van der Waals surface area (Å²) < 4.78 is 0. The van der Waals surface area contributed by atoms with Gasteiger partial charge in [-0.25, -0.2) is 0 Å². The van der Waals surface area contributed by atoms with Crippen LogP contribution in [0.5, 0.6) is 0 Å². The lowest BCUT2D eigenvalue weighted by Gasteiger charge is -2.46. The second-order valence-electron chi connectivity index (χ2n) is 3.27. The first-order chi connectivity index (χ1) is 4.20. The summed E-state index contributed by atoms with van der Waals surface area (Å²) in [4.78, 5) is 2.33. The number of aliphatic hydroxyl groups excluding tert-OH is 1. The Kier molecular flexibility index (Phi) is 1.78. The molecule has 2 nitrogen and oxygen atoms in total. The molecule has 0 atom stereocenters. The maximum atomic E-state index is 8.83. The van der Waals surface area contributed by atoms with Crippen molar-refractivity contribution in [3.8, 4) is 0 Å². The standard InChI is InChI=1S/C7H15NO/c1-3-8-4-7(2,5-8)6-9/h9H,3-6H2,1-2H3. The number of likely N-dealkylation sites (tertiary alicyclic amines) is 1. The first kappa shape index (κ1) is 7.03. The van der Waals surface area contributed by atoms with E-state index in [-0.39, 0.29) is 5.41 Å². The quantitative estimate of drug-likeness (QED) is 0.580. The Balaban J connectivity index is 2.24. The van der Waals surface area contributed by atoms with Gasteiger partial charge in [0.1, 0.15) is 0 Å². The summed E-state index contributed by atoms with van der Waals surface area (Å²) in [6, 6.07) is 0. The first-order valence-corrected chi connectivity index (χ1v) is 3.53. The zero-order valence-electron chi connectivity index (χ0n) is 6.22. The fourth-order valence-electron chi connectivity index (χ4n) is 1.36. The number of hydrogen-bond acceptors (Lipinski definition) is 2. The van der Waals surface area contributed by atoms with E-state index in [0.29, 0.717) is 6.61 Å². The van der Waals surface area contributed by atoms with E-state index in [4.69, 9.17) is 5.11 Å². The van der Waals surface area contributed by atoms with E-state index in [1.54, 1.807) is 0 Å². The van der Waals surface area contributed by atoms with E-state index in [1.807, 2.05) is 0 Å². The summed E-state index contributed by atoms with van der Waals surface area (Å²) in [7, 11) is 0. The van der Waals surface area contributed by atoms with Crippen molar-refractivity contribution in [2.24, 2.45) is 5.41 Å². The molecule has 1 heterocycles. The number of nitrogens with zero attached hydrogens (tertiary/aromatic N) is 1. The van der Waals surface area contributed by atoms with Crippen LogP contribution in [0, 0.1) is 5.41 Å². The Morgan fingerprint density at radius 1 is 1.56 bits per heavy atom. The molecule has 0 radical (unpaired) electrons. The monoisotopic (exact) mass is 129 g/mol. The van der Waals surface area contributed by atoms with Crippen LogP contribution < -0.4 is 0 Å². The molecular formula is C7H15NO. The van der Waals surface area contributed by atoms with Gasteiger partial charge < -0.3 is 10.0 Å². The lowest BCUT2D eigenvalue weighted by atomic mass is 9.83. The molecule has 1 aliphatic rings. The summed E-state index contributed by atoms with van der Waals surface area (Å²) in [5.41, 5.74) is 0.218. The fourth-order valence-corrected chi connectivity index (χ4v) is 1.36. The van der Waals surface area contributed by atoms with Crippen LogP contribution in [0.3, 0.4) is 0 Å². The van der Waals surface area contributed by atoms with Gasteiger partial charge in [0.15, 0.2) is 0 Å². The van der Waals surface area contributed by atoms with Crippen LogP contribution in [-0.4, -0.2) is 36.2 Å². The van der Waals surface area contributed by atoms with Crippen LogP contribution in [0.15, 0.2) is 0 Å². The van der Waals surface area contributed by atoms with E-state index < -0.39 is 0 Å². The summed E-state index contributed by atoms with van der Waals surface area (Å²) in [5.74, 6) is 0. The largest absolute Gasteiger partial charge is 0.396 e. The summed E-state index contributed by atoms with van der Waals surface area (Å²) in [6.07, 6.45) is 0. The summed E-state index contributed by atoms with van der Waals surface area (Å²) >= 11 is 0. The zero-order chi connectivity index (χ0) is 6.91. The van der Waals surface area contributed by atoms with Gasteiger partial charge in [0.25, 0.3) is 0 Å². The van der Waals surface area contributed by atoms with Crippen molar-refractivity contribution in [2.75, 3.05) is 26.2 Å². The van der Waals surface area contributed by atoms with E-state index in [1.165, 1.54) is 0 Å². The molecule has 9 heavy (non-hydrogen) atoms. The van der Waals surface area contributed by atoms with Gasteiger partial charge in [-0.1, -0.05) is 13.8 Å². The van der Waals surface area contributed by atoms with Gasteiger partial charge in [0, 0.05) is 18.5 Å². The molecule has 0 saturated carbocycles. The number of aliphatic hydroxyl groups is 1. The van der Waals surface area contributed by atoms with Crippen molar-refractivity contribution in [3.05, 3.63) is 0 Å². The highest BCUT2D eigenvalue weighted by molar-refractivity contribution is 4.89. The number of hydrogen-bond donors (Lipinski definition) is 1. The Morgan fingerprint density at radius 2 is 2.11 bits per heavy atom. The second kappa shape index (κ2) is 2.27. The Labute approximate surface area is 56.5 Å². The van der Waals surface area contributed by atoms with Crippen LogP contribution >= 0.6 is 0 Å². The van der Waals surface area contributed by atoms with Crippen molar-refractivity contribution in [3.63, 3.8) is 0 Å². The fraction of sp³-hybridized carbons (Fsp3) is 1.00. The van der Waals surface area contributed by atoms with Gasteiger partial charge in [-0.2, -0.15) is 0 Å². The van der Waals surface area contributed by atoms with Crippen LogP contribution in [0.4, 0.5) is 0 Å². The molecule has 0 aliphatic carbocycles. The molecule has 54 valence electrons. The molecule has 0 aromatic carbocycles. The van der Waals surface area contributed by atoms with E-state index >= 15 is 0 Å². The third-order valence-electron chi connectivity index (χ3n) is 2.04. The molecule has 0 aromatic heterocycles. The SMILES string of the molecule is CCN1CC(C)(CO)C1. The highest BCUT2D eigenvalue weighted by Crippen LogP contribution is 2.27. The highest BCUT2D eigenvalue weighted by atomic mass is 16.3. The number of rotatable bonds is 2. The molecule has 0 aromatic rings. The Bertz CT molecular complexity index is 97.1. The van der Waals surface area contributed by atoms with Crippen molar-refractivity contribution < 1.29 is 5.11 Å².